The van der Waals surface area contributed by atoms with Gasteiger partial charge in [-0.05, 0) is 25.1 Å². The van der Waals surface area contributed by atoms with Crippen molar-refractivity contribution in [3.05, 3.63) is 42.4 Å². The summed E-state index contributed by atoms with van der Waals surface area (Å²) < 4.78 is 12.8. The Morgan fingerprint density at radius 1 is 1.50 bits per heavy atom. The number of hydrogen-bond acceptors (Lipinski definition) is 3. The van der Waals surface area contributed by atoms with Crippen molar-refractivity contribution < 1.29 is 14.1 Å². The molecule has 1 aromatic rings. The molecule has 1 heterocycles. The molecule has 0 aromatic heterocycles. The van der Waals surface area contributed by atoms with E-state index in [9.17, 15) is 4.39 Å². The van der Waals surface area contributed by atoms with Gasteiger partial charge in [0, 0.05) is 6.07 Å². The van der Waals surface area contributed by atoms with Crippen LogP contribution in [0.25, 0.3) is 0 Å². The van der Waals surface area contributed by atoms with E-state index in [0.29, 0.717) is 5.75 Å². The van der Waals surface area contributed by atoms with Crippen molar-refractivity contribution in [3.8, 4) is 5.75 Å². The fraction of sp³-hybridized carbons (Fsp3) is 0.200. The van der Waals surface area contributed by atoms with Gasteiger partial charge in [0.25, 0.3) is 0 Å². The van der Waals surface area contributed by atoms with E-state index in [-0.39, 0.29) is 11.9 Å². The van der Waals surface area contributed by atoms with Gasteiger partial charge in [0.1, 0.15) is 11.9 Å². The van der Waals surface area contributed by atoms with Gasteiger partial charge in [-0.3, -0.25) is 0 Å². The molecule has 3 nitrogen and oxygen atoms in total. The second-order valence-corrected chi connectivity index (χ2v) is 2.99. The molecule has 1 aliphatic rings. The zero-order chi connectivity index (χ0) is 9.97. The molecule has 1 aromatic carbocycles. The molecule has 0 saturated heterocycles. The van der Waals surface area contributed by atoms with Crippen LogP contribution in [0, 0.1) is 5.82 Å². The highest BCUT2D eigenvalue weighted by Crippen LogP contribution is 2.17. The SMILES string of the molecule is CC1C=CN(Oc2cccc(F)c2)O1. The van der Waals surface area contributed by atoms with Gasteiger partial charge >= 0.3 is 0 Å². The van der Waals surface area contributed by atoms with Gasteiger partial charge in [0.2, 0.25) is 0 Å². The summed E-state index contributed by atoms with van der Waals surface area (Å²) in [6.45, 7) is 1.88. The molecular formula is C10H10FNO2. The maximum atomic E-state index is 12.8. The number of halogens is 1. The highest BCUT2D eigenvalue weighted by molar-refractivity contribution is 5.22. The van der Waals surface area contributed by atoms with Gasteiger partial charge in [0.05, 0.1) is 6.20 Å². The van der Waals surface area contributed by atoms with Crippen LogP contribution in [0.15, 0.2) is 36.5 Å². The minimum Gasteiger partial charge on any atom is -0.354 e. The molecule has 0 amide bonds. The zero-order valence-corrected chi connectivity index (χ0v) is 7.68. The summed E-state index contributed by atoms with van der Waals surface area (Å²) in [4.78, 5) is 10.4. The first kappa shape index (κ1) is 9.02. The van der Waals surface area contributed by atoms with E-state index in [1.54, 1.807) is 18.3 Å². The normalized spacial score (nSPS) is 20.1. The van der Waals surface area contributed by atoms with Gasteiger partial charge in [-0.25, -0.2) is 9.23 Å². The van der Waals surface area contributed by atoms with E-state index >= 15 is 0 Å². The molecule has 14 heavy (non-hydrogen) atoms. The maximum absolute atomic E-state index is 12.8. The summed E-state index contributed by atoms with van der Waals surface area (Å²) >= 11 is 0. The van der Waals surface area contributed by atoms with Crippen molar-refractivity contribution >= 4 is 0 Å². The smallest absolute Gasteiger partial charge is 0.161 e. The Labute approximate surface area is 81.3 Å². The van der Waals surface area contributed by atoms with E-state index in [2.05, 4.69) is 0 Å². The van der Waals surface area contributed by atoms with Crippen molar-refractivity contribution in [2.24, 2.45) is 0 Å². The van der Waals surface area contributed by atoms with Crippen LogP contribution in [-0.4, -0.2) is 11.3 Å². The fourth-order valence-corrected chi connectivity index (χ4v) is 1.11. The molecule has 0 saturated carbocycles. The van der Waals surface area contributed by atoms with Crippen LogP contribution >= 0.6 is 0 Å². The van der Waals surface area contributed by atoms with E-state index in [0.717, 1.165) is 0 Å². The van der Waals surface area contributed by atoms with Gasteiger partial charge < -0.3 is 4.84 Å². The maximum Gasteiger partial charge on any atom is 0.161 e. The summed E-state index contributed by atoms with van der Waals surface area (Å²) in [5.74, 6) is 0.0717. The number of rotatable bonds is 2. The fourth-order valence-electron chi connectivity index (χ4n) is 1.11. The molecular weight excluding hydrogens is 185 g/mol. The lowest BCUT2D eigenvalue weighted by molar-refractivity contribution is -0.281. The van der Waals surface area contributed by atoms with Crippen LogP contribution in [-0.2, 0) is 4.84 Å². The number of hydrogen-bond donors (Lipinski definition) is 0. The lowest BCUT2D eigenvalue weighted by Crippen LogP contribution is -2.20. The Hall–Kier alpha value is -1.55. The summed E-state index contributed by atoms with van der Waals surface area (Å²) in [5, 5.41) is 1.21. The molecule has 2 rings (SSSR count). The topological polar surface area (TPSA) is 21.7 Å². The molecule has 1 aliphatic heterocycles. The van der Waals surface area contributed by atoms with Crippen LogP contribution in [0.5, 0.6) is 5.75 Å². The molecule has 0 N–H and O–H groups in total. The van der Waals surface area contributed by atoms with Crippen LogP contribution in [0.1, 0.15) is 6.92 Å². The predicted octanol–water partition coefficient (Wildman–Crippen LogP) is 2.27. The van der Waals surface area contributed by atoms with Crippen molar-refractivity contribution in [2.75, 3.05) is 0 Å². The standard InChI is InChI=1S/C10H10FNO2/c1-8-5-6-12(13-8)14-10-4-2-3-9(11)7-10/h2-8H,1H3. The van der Waals surface area contributed by atoms with Crippen LogP contribution in [0.2, 0.25) is 0 Å². The highest BCUT2D eigenvalue weighted by atomic mass is 19.1. The molecule has 0 spiro atoms. The molecule has 74 valence electrons. The molecule has 4 heteroatoms. The Morgan fingerprint density at radius 3 is 3.00 bits per heavy atom. The summed E-state index contributed by atoms with van der Waals surface area (Å²) in [6, 6.07) is 5.88. The van der Waals surface area contributed by atoms with Gasteiger partial charge in [-0.15, -0.1) is 0 Å². The van der Waals surface area contributed by atoms with Gasteiger partial charge in [-0.2, -0.15) is 0 Å². The number of nitrogens with zero attached hydrogens (tertiary/aromatic N) is 1. The Morgan fingerprint density at radius 2 is 2.36 bits per heavy atom. The monoisotopic (exact) mass is 195 g/mol. The molecule has 0 radical (unpaired) electrons. The number of benzene rings is 1. The highest BCUT2D eigenvalue weighted by Gasteiger charge is 2.13. The van der Waals surface area contributed by atoms with Crippen LogP contribution in [0.4, 0.5) is 4.39 Å². The van der Waals surface area contributed by atoms with Crippen molar-refractivity contribution in [1.29, 1.82) is 0 Å². The molecule has 0 bridgehead atoms. The summed E-state index contributed by atoms with van der Waals surface area (Å²) in [5.41, 5.74) is 0. The predicted molar refractivity (Wildman–Crippen MR) is 48.6 cm³/mol. The van der Waals surface area contributed by atoms with E-state index in [1.807, 2.05) is 13.0 Å². The summed E-state index contributed by atoms with van der Waals surface area (Å²) in [6.07, 6.45) is 3.47. The zero-order valence-electron chi connectivity index (χ0n) is 7.68. The third kappa shape index (κ3) is 2.03. The third-order valence-electron chi connectivity index (χ3n) is 1.74. The van der Waals surface area contributed by atoms with E-state index in [1.165, 1.54) is 17.4 Å². The van der Waals surface area contributed by atoms with Gasteiger partial charge in [0.15, 0.2) is 5.75 Å². The molecule has 0 aliphatic carbocycles. The average molecular weight is 195 g/mol. The first-order valence-corrected chi connectivity index (χ1v) is 4.32. The summed E-state index contributed by atoms with van der Waals surface area (Å²) in [7, 11) is 0. The Balaban J connectivity index is 2.01. The lowest BCUT2D eigenvalue weighted by Gasteiger charge is -2.15. The van der Waals surface area contributed by atoms with E-state index in [4.69, 9.17) is 9.68 Å². The minimum absolute atomic E-state index is 0.0106. The quantitative estimate of drug-likeness (QED) is 0.722. The second-order valence-electron chi connectivity index (χ2n) is 2.99. The van der Waals surface area contributed by atoms with Crippen molar-refractivity contribution in [2.45, 2.75) is 13.0 Å². The Kier molecular flexibility index (Phi) is 2.37. The average Bonchev–Trinajstić information content (AvgIpc) is 2.51. The lowest BCUT2D eigenvalue weighted by atomic mass is 10.3. The molecule has 1 unspecified atom stereocenters. The van der Waals surface area contributed by atoms with Crippen LogP contribution < -0.4 is 4.84 Å². The van der Waals surface area contributed by atoms with Crippen molar-refractivity contribution in [3.63, 3.8) is 0 Å². The van der Waals surface area contributed by atoms with E-state index < -0.39 is 0 Å². The molecule has 0 fully saturated rings. The van der Waals surface area contributed by atoms with Crippen molar-refractivity contribution in [1.82, 2.24) is 5.23 Å². The van der Waals surface area contributed by atoms with Gasteiger partial charge in [-0.1, -0.05) is 11.3 Å². The second kappa shape index (κ2) is 3.67. The minimum atomic E-state index is -0.335. The van der Waals surface area contributed by atoms with Crippen LogP contribution in [0.3, 0.4) is 0 Å². The number of hydroxylamine groups is 2. The molecule has 1 atom stereocenters. The largest absolute Gasteiger partial charge is 0.354 e. The Bertz CT molecular complexity index is 354. The first-order valence-electron chi connectivity index (χ1n) is 4.32. The first-order chi connectivity index (χ1) is 6.74. The third-order valence-corrected chi connectivity index (χ3v) is 1.74.